The summed E-state index contributed by atoms with van der Waals surface area (Å²) in [6.07, 6.45) is 3.63. The van der Waals surface area contributed by atoms with Crippen LogP contribution in [0.4, 0.5) is 0 Å². The first-order valence-electron chi connectivity index (χ1n) is 9.21. The summed E-state index contributed by atoms with van der Waals surface area (Å²) >= 11 is 0. The predicted molar refractivity (Wildman–Crippen MR) is 109 cm³/mol. The zero-order chi connectivity index (χ0) is 21.2. The minimum Gasteiger partial charge on any atom is -0.381 e. The van der Waals surface area contributed by atoms with Gasteiger partial charge >= 0.3 is 0 Å². The van der Waals surface area contributed by atoms with Gasteiger partial charge in [0.05, 0.1) is 22.4 Å². The van der Waals surface area contributed by atoms with Crippen LogP contribution in [0, 0.1) is 10.8 Å². The molecule has 166 valence electrons. The van der Waals surface area contributed by atoms with E-state index in [0.717, 1.165) is 25.7 Å². The lowest BCUT2D eigenvalue weighted by molar-refractivity contribution is 0.0746. The maximum Gasteiger partial charge on any atom is 0.265 e. The van der Waals surface area contributed by atoms with Crippen LogP contribution in [-0.4, -0.2) is 64.6 Å². The van der Waals surface area contributed by atoms with Crippen LogP contribution in [0.15, 0.2) is 0 Å². The molecule has 0 aromatic rings. The highest BCUT2D eigenvalue weighted by Crippen LogP contribution is 2.41. The zero-order valence-electron chi connectivity index (χ0n) is 17.0. The average Bonchev–Trinajstić information content (AvgIpc) is 2.39. The smallest absolute Gasteiger partial charge is 0.265 e. The van der Waals surface area contributed by atoms with Crippen molar-refractivity contribution < 1.29 is 36.1 Å². The molecule has 0 aliphatic heterocycles. The topological polar surface area (TPSA) is 134 Å². The third kappa shape index (κ3) is 19.2. The lowest BCUT2D eigenvalue weighted by Gasteiger charge is -2.31. The number of rotatable bonds is 16. The van der Waals surface area contributed by atoms with Crippen molar-refractivity contribution in [1.29, 1.82) is 0 Å². The highest BCUT2D eigenvalue weighted by atomic mass is 32.3. The fourth-order valence-electron chi connectivity index (χ4n) is 2.94. The minimum absolute atomic E-state index is 0.0329. The highest BCUT2D eigenvalue weighted by molar-refractivity contribution is 8.19. The first kappa shape index (κ1) is 27.1. The van der Waals surface area contributed by atoms with E-state index in [4.69, 9.17) is 27.7 Å². The van der Waals surface area contributed by atoms with Gasteiger partial charge in [-0.1, -0.05) is 27.7 Å². The van der Waals surface area contributed by atoms with Crippen LogP contribution < -0.4 is 0 Å². The summed E-state index contributed by atoms with van der Waals surface area (Å²) in [5.74, 6) is -0.281. The quantitative estimate of drug-likeness (QED) is 0.210. The normalized spacial score (nSPS) is 14.5. The molecule has 0 rings (SSSR count). The lowest BCUT2D eigenvalue weighted by atomic mass is 9.90. The van der Waals surface area contributed by atoms with Gasteiger partial charge in [0, 0.05) is 26.4 Å². The van der Waals surface area contributed by atoms with Crippen LogP contribution in [0.2, 0.25) is 0 Å². The van der Waals surface area contributed by atoms with Crippen molar-refractivity contribution in [3.8, 4) is 0 Å². The fraction of sp³-hybridized carbons (Fsp3) is 1.00. The molecule has 8 nitrogen and oxygen atoms in total. The Morgan fingerprint density at radius 2 is 1.04 bits per heavy atom. The Balaban J connectivity index is 3.58. The Kier molecular flexibility index (Phi) is 11.9. The van der Waals surface area contributed by atoms with E-state index in [9.17, 15) is 8.42 Å². The second-order valence-corrected chi connectivity index (χ2v) is 11.6. The van der Waals surface area contributed by atoms with Crippen molar-refractivity contribution in [2.24, 2.45) is 10.8 Å². The zero-order valence-corrected chi connectivity index (χ0v) is 18.6. The third-order valence-electron chi connectivity index (χ3n) is 4.02. The summed E-state index contributed by atoms with van der Waals surface area (Å²) in [7, 11) is -7.42. The molecule has 27 heavy (non-hydrogen) atoms. The molecule has 0 unspecified atom stereocenters. The maximum absolute atomic E-state index is 10.9. The van der Waals surface area contributed by atoms with Crippen molar-refractivity contribution in [3.05, 3.63) is 0 Å². The molecular formula is C17H38O8S2. The highest BCUT2D eigenvalue weighted by Gasteiger charge is 2.27. The molecular weight excluding hydrogens is 396 g/mol. The standard InChI is InChI=1S/C17H38O8S2/c1-16(2,14-26(18,19)20)8-5-10-24-12-7-13-25-11-6-9-17(3,4)15-27(21,22)23/h18-20H,5-15H2,1-4H3,(H,21,22,23). The van der Waals surface area contributed by atoms with E-state index in [-0.39, 0.29) is 16.9 Å². The van der Waals surface area contributed by atoms with Gasteiger partial charge in [0.15, 0.2) is 0 Å². The molecule has 0 radical (unpaired) electrons. The first-order valence-corrected chi connectivity index (χ1v) is 12.5. The Hall–Kier alpha value is 0.0600. The van der Waals surface area contributed by atoms with Gasteiger partial charge < -0.3 is 23.1 Å². The van der Waals surface area contributed by atoms with Crippen molar-refractivity contribution in [2.75, 3.05) is 37.9 Å². The molecule has 0 bridgehead atoms. The second kappa shape index (κ2) is 11.9. The van der Waals surface area contributed by atoms with Crippen LogP contribution in [0.5, 0.6) is 0 Å². The van der Waals surface area contributed by atoms with E-state index in [2.05, 4.69) is 0 Å². The Labute approximate surface area is 166 Å². The fourth-order valence-corrected chi connectivity index (χ4v) is 5.26. The predicted octanol–water partition coefficient (Wildman–Crippen LogP) is 4.13. The van der Waals surface area contributed by atoms with Gasteiger partial charge in [-0.05, 0) is 42.9 Å². The van der Waals surface area contributed by atoms with Crippen LogP contribution in [0.25, 0.3) is 0 Å². The maximum atomic E-state index is 10.9. The lowest BCUT2D eigenvalue weighted by Crippen LogP contribution is -2.24. The number of hydrogen-bond acceptors (Lipinski definition) is 7. The monoisotopic (exact) mass is 434 g/mol. The summed E-state index contributed by atoms with van der Waals surface area (Å²) < 4.78 is 69.1. The van der Waals surface area contributed by atoms with Gasteiger partial charge in [-0.15, -0.1) is 0 Å². The molecule has 0 aromatic carbocycles. The summed E-state index contributed by atoms with van der Waals surface area (Å²) in [4.78, 5) is 0. The van der Waals surface area contributed by atoms with E-state index < -0.39 is 26.4 Å². The number of hydrogen-bond donors (Lipinski definition) is 4. The molecule has 0 atom stereocenters. The van der Waals surface area contributed by atoms with Crippen molar-refractivity contribution in [3.63, 3.8) is 0 Å². The first-order chi connectivity index (χ1) is 12.1. The SMILES string of the molecule is CC(C)(CCCOCCCOCCCC(C)(C)CS(=O)(=O)O)CS(O)(O)O. The molecule has 0 aromatic heterocycles. The van der Waals surface area contributed by atoms with Gasteiger partial charge in [0.2, 0.25) is 0 Å². The Morgan fingerprint density at radius 3 is 1.41 bits per heavy atom. The molecule has 0 heterocycles. The van der Waals surface area contributed by atoms with E-state index in [1.165, 1.54) is 0 Å². The van der Waals surface area contributed by atoms with Gasteiger partial charge in [-0.25, -0.2) is 0 Å². The number of ether oxygens (including phenoxy) is 2. The molecule has 0 aliphatic carbocycles. The van der Waals surface area contributed by atoms with Crippen molar-refractivity contribution in [1.82, 2.24) is 0 Å². The van der Waals surface area contributed by atoms with Crippen LogP contribution in [0.1, 0.15) is 59.8 Å². The summed E-state index contributed by atoms with van der Waals surface area (Å²) in [6.45, 7) is 9.61. The summed E-state index contributed by atoms with van der Waals surface area (Å²) in [6, 6.07) is 0. The van der Waals surface area contributed by atoms with Crippen molar-refractivity contribution >= 4 is 21.0 Å². The van der Waals surface area contributed by atoms with E-state index in [1.54, 1.807) is 13.8 Å². The van der Waals surface area contributed by atoms with E-state index >= 15 is 0 Å². The average molecular weight is 435 g/mol. The molecule has 0 fully saturated rings. The summed E-state index contributed by atoms with van der Waals surface area (Å²) in [5.41, 5.74) is -0.833. The summed E-state index contributed by atoms with van der Waals surface area (Å²) in [5, 5.41) is 0. The van der Waals surface area contributed by atoms with Crippen LogP contribution in [-0.2, 0) is 19.6 Å². The molecule has 0 aliphatic rings. The van der Waals surface area contributed by atoms with Crippen LogP contribution in [0.3, 0.4) is 0 Å². The molecule has 4 N–H and O–H groups in total. The third-order valence-corrected chi connectivity index (χ3v) is 6.33. The molecule has 0 saturated heterocycles. The Bertz CT molecular complexity index is 498. The molecule has 0 saturated carbocycles. The van der Waals surface area contributed by atoms with Crippen molar-refractivity contribution in [2.45, 2.75) is 59.8 Å². The molecule has 0 spiro atoms. The second-order valence-electron chi connectivity index (χ2n) is 8.62. The van der Waals surface area contributed by atoms with Gasteiger partial charge in [-0.3, -0.25) is 4.55 Å². The van der Waals surface area contributed by atoms with E-state index in [1.807, 2.05) is 13.8 Å². The van der Waals surface area contributed by atoms with Crippen LogP contribution >= 0.6 is 10.9 Å². The minimum atomic E-state index is -3.96. The van der Waals surface area contributed by atoms with Gasteiger partial charge in [0.1, 0.15) is 0 Å². The molecule has 0 amide bonds. The van der Waals surface area contributed by atoms with Gasteiger partial charge in [0.25, 0.3) is 10.1 Å². The van der Waals surface area contributed by atoms with E-state index in [0.29, 0.717) is 32.8 Å². The Morgan fingerprint density at radius 1 is 0.667 bits per heavy atom. The largest absolute Gasteiger partial charge is 0.381 e. The molecule has 10 heteroatoms. The van der Waals surface area contributed by atoms with Gasteiger partial charge in [-0.2, -0.15) is 8.42 Å².